The van der Waals surface area contributed by atoms with Crippen molar-refractivity contribution in [1.82, 2.24) is 15.2 Å². The fraction of sp³-hybridized carbons (Fsp3) is 0.400. The molecule has 1 aromatic carbocycles. The van der Waals surface area contributed by atoms with Gasteiger partial charge in [-0.3, -0.25) is 4.79 Å². The number of H-pyrrole nitrogens is 1. The normalized spacial score (nSPS) is 15.4. The predicted molar refractivity (Wildman–Crippen MR) is 76.3 cm³/mol. The van der Waals surface area contributed by atoms with Crippen LogP contribution in [0.15, 0.2) is 30.3 Å². The molecule has 1 saturated heterocycles. The number of fused-ring (bicyclic) bond motifs is 1. The van der Waals surface area contributed by atoms with E-state index in [1.165, 1.54) is 0 Å². The smallest absolute Gasteiger partial charge is 0.270 e. The van der Waals surface area contributed by atoms with Crippen molar-refractivity contribution in [3.8, 4) is 0 Å². The summed E-state index contributed by atoms with van der Waals surface area (Å²) in [6.45, 7) is 4.75. The fourth-order valence-corrected chi connectivity index (χ4v) is 2.53. The van der Waals surface area contributed by atoms with Crippen molar-refractivity contribution >= 4 is 16.8 Å². The molecular weight excluding hydrogens is 238 g/mol. The van der Waals surface area contributed by atoms with E-state index in [4.69, 9.17) is 0 Å². The minimum atomic E-state index is 0.115. The lowest BCUT2D eigenvalue weighted by Crippen LogP contribution is -2.59. The van der Waals surface area contributed by atoms with Gasteiger partial charge in [0, 0.05) is 30.5 Å². The van der Waals surface area contributed by atoms with Gasteiger partial charge in [-0.1, -0.05) is 25.1 Å². The third-order valence-electron chi connectivity index (χ3n) is 3.69. The van der Waals surface area contributed by atoms with Crippen LogP contribution in [-0.2, 0) is 0 Å². The Kier molecular flexibility index (Phi) is 3.25. The summed E-state index contributed by atoms with van der Waals surface area (Å²) in [6.07, 6.45) is 0.989. The highest BCUT2D eigenvalue weighted by Gasteiger charge is 2.29. The Labute approximate surface area is 112 Å². The van der Waals surface area contributed by atoms with Crippen molar-refractivity contribution in [2.24, 2.45) is 0 Å². The average Bonchev–Trinajstić information content (AvgIpc) is 2.79. The first-order chi connectivity index (χ1) is 9.29. The third-order valence-corrected chi connectivity index (χ3v) is 3.69. The van der Waals surface area contributed by atoms with Crippen molar-refractivity contribution in [2.45, 2.75) is 19.4 Å². The summed E-state index contributed by atoms with van der Waals surface area (Å²) in [7, 11) is 0. The van der Waals surface area contributed by atoms with Gasteiger partial charge in [0.05, 0.1) is 6.04 Å². The van der Waals surface area contributed by atoms with Gasteiger partial charge in [0.15, 0.2) is 0 Å². The van der Waals surface area contributed by atoms with Crippen molar-refractivity contribution < 1.29 is 4.79 Å². The summed E-state index contributed by atoms with van der Waals surface area (Å²) in [5.41, 5.74) is 1.72. The van der Waals surface area contributed by atoms with Gasteiger partial charge in [-0.2, -0.15) is 0 Å². The molecule has 0 saturated carbocycles. The average molecular weight is 257 g/mol. The summed E-state index contributed by atoms with van der Waals surface area (Å²) < 4.78 is 0. The Morgan fingerprint density at radius 3 is 2.79 bits per heavy atom. The molecule has 1 aliphatic heterocycles. The van der Waals surface area contributed by atoms with Gasteiger partial charge in [-0.15, -0.1) is 0 Å². The minimum Gasteiger partial charge on any atom is -0.351 e. The summed E-state index contributed by atoms with van der Waals surface area (Å²) >= 11 is 0. The van der Waals surface area contributed by atoms with Crippen molar-refractivity contribution in [2.75, 3.05) is 19.6 Å². The van der Waals surface area contributed by atoms with Crippen LogP contribution >= 0.6 is 0 Å². The molecule has 19 heavy (non-hydrogen) atoms. The molecule has 0 spiro atoms. The summed E-state index contributed by atoms with van der Waals surface area (Å²) in [5, 5.41) is 4.32. The van der Waals surface area contributed by atoms with Gasteiger partial charge in [0.25, 0.3) is 5.91 Å². The molecule has 2 heterocycles. The zero-order valence-electron chi connectivity index (χ0n) is 11.1. The van der Waals surface area contributed by atoms with Crippen molar-refractivity contribution in [1.29, 1.82) is 0 Å². The number of benzene rings is 1. The predicted octanol–water partition coefficient (Wildman–Crippen LogP) is 1.99. The van der Waals surface area contributed by atoms with Gasteiger partial charge < -0.3 is 15.2 Å². The van der Waals surface area contributed by atoms with E-state index in [0.29, 0.717) is 11.7 Å². The third kappa shape index (κ3) is 2.24. The second-order valence-electron chi connectivity index (χ2n) is 5.08. The lowest BCUT2D eigenvalue weighted by Gasteiger charge is -2.38. The van der Waals surface area contributed by atoms with Crippen LogP contribution in [0.3, 0.4) is 0 Å². The van der Waals surface area contributed by atoms with Crippen molar-refractivity contribution in [3.63, 3.8) is 0 Å². The van der Waals surface area contributed by atoms with E-state index in [-0.39, 0.29) is 5.91 Å². The molecule has 4 nitrogen and oxygen atoms in total. The lowest BCUT2D eigenvalue weighted by molar-refractivity contribution is 0.0610. The SMILES string of the molecule is CCCN(C(=O)c1cc2ccccc2[nH]1)C1CNC1. The number of para-hydroxylation sites is 1. The largest absolute Gasteiger partial charge is 0.351 e. The number of nitrogens with one attached hydrogen (secondary N) is 2. The highest BCUT2D eigenvalue weighted by Crippen LogP contribution is 2.18. The molecule has 0 bridgehead atoms. The Hall–Kier alpha value is -1.81. The molecule has 4 heteroatoms. The van der Waals surface area contributed by atoms with Crippen LogP contribution in [0.25, 0.3) is 10.9 Å². The highest BCUT2D eigenvalue weighted by atomic mass is 16.2. The maximum absolute atomic E-state index is 12.6. The number of nitrogens with zero attached hydrogens (tertiary/aromatic N) is 1. The Morgan fingerprint density at radius 1 is 1.37 bits per heavy atom. The maximum atomic E-state index is 12.6. The van der Waals surface area contributed by atoms with Crippen molar-refractivity contribution in [3.05, 3.63) is 36.0 Å². The first kappa shape index (κ1) is 12.2. The monoisotopic (exact) mass is 257 g/mol. The summed E-state index contributed by atoms with van der Waals surface area (Å²) in [4.78, 5) is 17.8. The molecule has 2 aromatic rings. The molecule has 100 valence electrons. The van der Waals surface area contributed by atoms with Gasteiger partial charge in [0.1, 0.15) is 5.69 Å². The van der Waals surface area contributed by atoms with Gasteiger partial charge in [-0.05, 0) is 18.6 Å². The van der Waals surface area contributed by atoms with Crippen LogP contribution in [0.5, 0.6) is 0 Å². The van der Waals surface area contributed by atoms with E-state index in [1.54, 1.807) is 0 Å². The van der Waals surface area contributed by atoms with E-state index in [0.717, 1.165) is 37.0 Å². The van der Waals surface area contributed by atoms with Gasteiger partial charge in [-0.25, -0.2) is 0 Å². The van der Waals surface area contributed by atoms with Crippen LogP contribution in [0.1, 0.15) is 23.8 Å². The standard InChI is InChI=1S/C15H19N3O/c1-2-7-18(12-9-16-10-12)15(19)14-8-11-5-3-4-6-13(11)17-14/h3-6,8,12,16-17H,2,7,9-10H2,1H3. The topological polar surface area (TPSA) is 48.1 Å². The molecule has 0 radical (unpaired) electrons. The fourth-order valence-electron chi connectivity index (χ4n) is 2.53. The first-order valence-electron chi connectivity index (χ1n) is 6.89. The Bertz CT molecular complexity index is 553. The number of rotatable bonds is 4. The van der Waals surface area contributed by atoms with Gasteiger partial charge >= 0.3 is 0 Å². The van der Waals surface area contributed by atoms with E-state index in [2.05, 4.69) is 17.2 Å². The quantitative estimate of drug-likeness (QED) is 0.880. The Balaban J connectivity index is 1.87. The van der Waals surface area contributed by atoms with Crippen LogP contribution in [-0.4, -0.2) is 41.5 Å². The molecule has 1 aromatic heterocycles. The second-order valence-corrected chi connectivity index (χ2v) is 5.08. The number of carbonyl (C=O) groups is 1. The number of carbonyl (C=O) groups excluding carboxylic acids is 1. The Morgan fingerprint density at radius 2 is 2.16 bits per heavy atom. The zero-order chi connectivity index (χ0) is 13.2. The number of hydrogen-bond donors (Lipinski definition) is 2. The maximum Gasteiger partial charge on any atom is 0.270 e. The van der Waals surface area contributed by atoms with Crippen LogP contribution in [0, 0.1) is 0 Å². The highest BCUT2D eigenvalue weighted by molar-refractivity contribution is 5.98. The number of hydrogen-bond acceptors (Lipinski definition) is 2. The molecule has 1 fully saturated rings. The molecule has 0 atom stereocenters. The van der Waals surface area contributed by atoms with E-state index < -0.39 is 0 Å². The van der Waals surface area contributed by atoms with E-state index in [9.17, 15) is 4.79 Å². The number of aromatic amines is 1. The number of aromatic nitrogens is 1. The van der Waals surface area contributed by atoms with Crippen LogP contribution in [0.2, 0.25) is 0 Å². The van der Waals surface area contributed by atoms with Gasteiger partial charge in [0.2, 0.25) is 0 Å². The van der Waals surface area contributed by atoms with Crippen LogP contribution < -0.4 is 5.32 Å². The molecule has 0 aliphatic carbocycles. The molecule has 0 unspecified atom stereocenters. The molecule has 1 amide bonds. The summed E-state index contributed by atoms with van der Waals surface area (Å²) in [6, 6.07) is 10.3. The molecule has 1 aliphatic rings. The summed E-state index contributed by atoms with van der Waals surface area (Å²) in [5.74, 6) is 0.115. The lowest BCUT2D eigenvalue weighted by atomic mass is 10.1. The molecular formula is C15H19N3O. The molecule has 3 rings (SSSR count). The van der Waals surface area contributed by atoms with Crippen LogP contribution in [0.4, 0.5) is 0 Å². The first-order valence-corrected chi connectivity index (χ1v) is 6.89. The number of amides is 1. The van der Waals surface area contributed by atoms with E-state index >= 15 is 0 Å². The second kappa shape index (κ2) is 5.05. The molecule has 2 N–H and O–H groups in total. The minimum absolute atomic E-state index is 0.115. The van der Waals surface area contributed by atoms with E-state index in [1.807, 2.05) is 35.2 Å². The zero-order valence-corrected chi connectivity index (χ0v) is 11.1.